The van der Waals surface area contributed by atoms with Gasteiger partial charge in [-0.25, -0.2) is 0 Å². The fourth-order valence-corrected chi connectivity index (χ4v) is 4.27. The van der Waals surface area contributed by atoms with E-state index in [1.54, 1.807) is 12.1 Å². The Balaban J connectivity index is 1.28. The Labute approximate surface area is 211 Å². The molecule has 7 heteroatoms. The summed E-state index contributed by atoms with van der Waals surface area (Å²) in [4.78, 5) is 12.7. The van der Waals surface area contributed by atoms with Gasteiger partial charge in [0.2, 0.25) is 6.10 Å². The first-order valence-corrected chi connectivity index (χ1v) is 12.2. The molecule has 6 nitrogen and oxygen atoms in total. The van der Waals surface area contributed by atoms with Crippen LogP contribution in [0.3, 0.4) is 0 Å². The van der Waals surface area contributed by atoms with Crippen LogP contribution in [0.1, 0.15) is 42.7 Å². The first-order chi connectivity index (χ1) is 16.9. The van der Waals surface area contributed by atoms with Gasteiger partial charge in [0.05, 0.1) is 12.1 Å². The van der Waals surface area contributed by atoms with E-state index in [4.69, 9.17) is 21.1 Å². The number of benzene rings is 3. The average molecular weight is 495 g/mol. The Hall–Kier alpha value is -3.06. The van der Waals surface area contributed by atoms with Gasteiger partial charge in [-0.2, -0.15) is 0 Å². The van der Waals surface area contributed by atoms with Crippen LogP contribution >= 0.6 is 11.6 Å². The summed E-state index contributed by atoms with van der Waals surface area (Å²) in [6.07, 6.45) is -0.589. The molecule has 3 N–H and O–H groups in total. The van der Waals surface area contributed by atoms with Gasteiger partial charge in [0.15, 0.2) is 11.5 Å². The van der Waals surface area contributed by atoms with Crippen LogP contribution in [0.2, 0.25) is 5.02 Å². The summed E-state index contributed by atoms with van der Waals surface area (Å²) >= 11 is 6.01. The normalized spacial score (nSPS) is 17.3. The fourth-order valence-electron chi connectivity index (χ4n) is 4.07. The lowest BCUT2D eigenvalue weighted by Crippen LogP contribution is -2.44. The van der Waals surface area contributed by atoms with Crippen molar-refractivity contribution in [1.82, 2.24) is 10.6 Å². The predicted octanol–water partition coefficient (Wildman–Crippen LogP) is 4.61. The van der Waals surface area contributed by atoms with Crippen LogP contribution in [0, 0.1) is 0 Å². The minimum absolute atomic E-state index is 0.123. The molecule has 1 heterocycles. The molecular formula is C28H31ClN2O4. The Bertz CT molecular complexity index is 1140. The number of ether oxygens (including phenoxy) is 2. The fraction of sp³-hybridized carbons (Fsp3) is 0.321. The van der Waals surface area contributed by atoms with Crippen molar-refractivity contribution in [2.45, 2.75) is 44.6 Å². The third-order valence-electron chi connectivity index (χ3n) is 6.05. The van der Waals surface area contributed by atoms with Gasteiger partial charge in [-0.15, -0.1) is 0 Å². The van der Waals surface area contributed by atoms with Crippen LogP contribution < -0.4 is 20.1 Å². The molecule has 35 heavy (non-hydrogen) atoms. The maximum absolute atomic E-state index is 12.7. The highest BCUT2D eigenvalue weighted by molar-refractivity contribution is 6.30. The highest BCUT2D eigenvalue weighted by Crippen LogP contribution is 2.33. The number of aliphatic hydroxyl groups is 1. The van der Waals surface area contributed by atoms with E-state index in [1.165, 1.54) is 0 Å². The molecule has 0 saturated carbocycles. The third-order valence-corrected chi connectivity index (χ3v) is 6.29. The number of rotatable bonds is 9. The summed E-state index contributed by atoms with van der Waals surface area (Å²) < 4.78 is 11.8. The van der Waals surface area contributed by atoms with Gasteiger partial charge in [-0.1, -0.05) is 60.1 Å². The van der Waals surface area contributed by atoms with Gasteiger partial charge < -0.3 is 25.2 Å². The zero-order valence-corrected chi connectivity index (χ0v) is 20.7. The van der Waals surface area contributed by atoms with E-state index < -0.39 is 12.2 Å². The van der Waals surface area contributed by atoms with E-state index in [1.807, 2.05) is 67.6 Å². The van der Waals surface area contributed by atoms with E-state index in [0.717, 1.165) is 23.1 Å². The van der Waals surface area contributed by atoms with Crippen molar-refractivity contribution in [2.24, 2.45) is 0 Å². The molecule has 0 aliphatic carbocycles. The molecular weight excluding hydrogens is 464 g/mol. The van der Waals surface area contributed by atoms with E-state index in [9.17, 15) is 9.90 Å². The number of carbonyl (C=O) groups excluding carboxylic acids is 1. The van der Waals surface area contributed by atoms with Gasteiger partial charge in [0.1, 0.15) is 6.61 Å². The standard InChI is InChI=1S/C28H31ClN2O4/c1-18(30-16-24(32)22-9-6-10-23(29)15-22)13-20-11-12-25-26(14-20)34-17-27(35-25)28(33)31-19(2)21-7-4-3-5-8-21/h3-12,14-15,18-19,24,27,30,32H,13,16-17H2,1-2H3,(H,31,33)/t18-,19+,24+,27-/m1/s1. The first kappa shape index (κ1) is 25.0. The van der Waals surface area contributed by atoms with Crippen LogP contribution in [0.15, 0.2) is 72.8 Å². The number of hydrogen-bond donors (Lipinski definition) is 3. The van der Waals surface area contributed by atoms with Crippen molar-refractivity contribution in [1.29, 1.82) is 0 Å². The summed E-state index contributed by atoms with van der Waals surface area (Å²) in [7, 11) is 0. The lowest BCUT2D eigenvalue weighted by atomic mass is 10.0. The minimum Gasteiger partial charge on any atom is -0.485 e. The van der Waals surface area contributed by atoms with Gasteiger partial charge in [0, 0.05) is 17.6 Å². The molecule has 0 bridgehead atoms. The number of nitrogens with one attached hydrogen (secondary N) is 2. The van der Waals surface area contributed by atoms with E-state index in [-0.39, 0.29) is 24.6 Å². The number of hydrogen-bond acceptors (Lipinski definition) is 5. The molecule has 4 rings (SSSR count). The maximum atomic E-state index is 12.7. The summed E-state index contributed by atoms with van der Waals surface area (Å²) in [6.45, 7) is 4.59. The van der Waals surface area contributed by atoms with Gasteiger partial charge >= 0.3 is 0 Å². The third kappa shape index (κ3) is 6.75. The SMILES string of the molecule is C[C@H](Cc1ccc2c(c1)OC[C@H](C(=O)N[C@@H](C)c1ccccc1)O2)NC[C@H](O)c1cccc(Cl)c1. The van der Waals surface area contributed by atoms with Crippen LogP contribution in [0.25, 0.3) is 0 Å². The summed E-state index contributed by atoms with van der Waals surface area (Å²) in [5.74, 6) is 0.991. The molecule has 1 aliphatic heterocycles. The summed E-state index contributed by atoms with van der Waals surface area (Å²) in [5, 5.41) is 17.4. The molecule has 4 atom stereocenters. The number of amides is 1. The Morgan fingerprint density at radius 3 is 2.57 bits per heavy atom. The Morgan fingerprint density at radius 2 is 1.80 bits per heavy atom. The lowest BCUT2D eigenvalue weighted by molar-refractivity contribution is -0.131. The highest BCUT2D eigenvalue weighted by atomic mass is 35.5. The molecule has 3 aromatic rings. The molecule has 0 radical (unpaired) electrons. The second kappa shape index (κ2) is 11.6. The van der Waals surface area contributed by atoms with E-state index in [2.05, 4.69) is 17.6 Å². The molecule has 184 valence electrons. The number of halogens is 1. The van der Waals surface area contributed by atoms with Crippen molar-refractivity contribution in [3.8, 4) is 11.5 Å². The minimum atomic E-state index is -0.701. The topological polar surface area (TPSA) is 79.8 Å². The zero-order valence-electron chi connectivity index (χ0n) is 19.9. The predicted molar refractivity (Wildman–Crippen MR) is 137 cm³/mol. The summed E-state index contributed by atoms with van der Waals surface area (Å²) in [6, 6.07) is 22.8. The molecule has 1 amide bonds. The number of carbonyl (C=O) groups is 1. The van der Waals surface area contributed by atoms with E-state index in [0.29, 0.717) is 23.1 Å². The van der Waals surface area contributed by atoms with Gasteiger partial charge in [-0.05, 0) is 61.2 Å². The average Bonchev–Trinajstić information content (AvgIpc) is 2.87. The van der Waals surface area contributed by atoms with Crippen molar-refractivity contribution < 1.29 is 19.4 Å². The monoisotopic (exact) mass is 494 g/mol. The van der Waals surface area contributed by atoms with Crippen molar-refractivity contribution >= 4 is 17.5 Å². The van der Waals surface area contributed by atoms with Crippen LogP contribution in [-0.4, -0.2) is 36.3 Å². The first-order valence-electron chi connectivity index (χ1n) is 11.8. The van der Waals surface area contributed by atoms with Crippen molar-refractivity contribution in [3.05, 3.63) is 94.5 Å². The van der Waals surface area contributed by atoms with Crippen molar-refractivity contribution in [2.75, 3.05) is 13.2 Å². The number of fused-ring (bicyclic) bond motifs is 1. The Kier molecular flexibility index (Phi) is 8.29. The van der Waals surface area contributed by atoms with Crippen molar-refractivity contribution in [3.63, 3.8) is 0 Å². The van der Waals surface area contributed by atoms with Gasteiger partial charge in [-0.3, -0.25) is 4.79 Å². The van der Waals surface area contributed by atoms with Crippen LogP contribution in [0.4, 0.5) is 0 Å². The molecule has 0 spiro atoms. The second-order valence-electron chi connectivity index (χ2n) is 8.92. The summed E-state index contributed by atoms with van der Waals surface area (Å²) in [5.41, 5.74) is 2.89. The molecule has 0 fully saturated rings. The smallest absolute Gasteiger partial charge is 0.265 e. The Morgan fingerprint density at radius 1 is 1.03 bits per heavy atom. The van der Waals surface area contributed by atoms with Crippen LogP contribution in [-0.2, 0) is 11.2 Å². The zero-order chi connectivity index (χ0) is 24.8. The van der Waals surface area contributed by atoms with Gasteiger partial charge in [0.25, 0.3) is 5.91 Å². The van der Waals surface area contributed by atoms with Crippen LogP contribution in [0.5, 0.6) is 11.5 Å². The second-order valence-corrected chi connectivity index (χ2v) is 9.36. The highest BCUT2D eigenvalue weighted by Gasteiger charge is 2.28. The molecule has 0 unspecified atom stereocenters. The molecule has 1 aliphatic rings. The quantitative estimate of drug-likeness (QED) is 0.405. The molecule has 0 aromatic heterocycles. The maximum Gasteiger partial charge on any atom is 0.265 e. The van der Waals surface area contributed by atoms with E-state index >= 15 is 0 Å². The molecule has 3 aromatic carbocycles. The number of aliphatic hydroxyl groups excluding tert-OH is 1. The molecule has 0 saturated heterocycles. The largest absolute Gasteiger partial charge is 0.485 e. The lowest BCUT2D eigenvalue weighted by Gasteiger charge is -2.27.